The van der Waals surface area contributed by atoms with Crippen LogP contribution in [0.15, 0.2) is 44.6 Å². The highest BCUT2D eigenvalue weighted by molar-refractivity contribution is 9.11. The van der Waals surface area contributed by atoms with Gasteiger partial charge in [0.2, 0.25) is 5.89 Å². The van der Waals surface area contributed by atoms with Gasteiger partial charge in [-0.25, -0.2) is 9.78 Å². The fourth-order valence-electron chi connectivity index (χ4n) is 3.04. The van der Waals surface area contributed by atoms with Gasteiger partial charge in [-0.05, 0) is 66.5 Å². The number of oxazole rings is 1. The Balaban J connectivity index is 1.52. The number of esters is 1. The Morgan fingerprint density at radius 3 is 2.58 bits per heavy atom. The zero-order valence-corrected chi connectivity index (χ0v) is 20.3. The number of ether oxygens (including phenoxy) is 3. The Labute approximate surface area is 194 Å². The number of hydrogen-bond acceptors (Lipinski definition) is 7. The molecular formula is C23H26BrNO5S. The second-order valence-electron chi connectivity index (χ2n) is 6.77. The smallest absolute Gasteiger partial charge is 0.335 e. The zero-order chi connectivity index (χ0) is 22.2. The molecular weight excluding hydrogens is 482 g/mol. The summed E-state index contributed by atoms with van der Waals surface area (Å²) in [6.45, 7) is 6.86. The molecule has 6 nitrogen and oxygen atoms in total. The normalized spacial score (nSPS) is 12.0. The van der Waals surface area contributed by atoms with Crippen molar-refractivity contribution in [2.75, 3.05) is 19.8 Å². The summed E-state index contributed by atoms with van der Waals surface area (Å²) in [5, 5.41) is 0. The van der Waals surface area contributed by atoms with Crippen molar-refractivity contribution >= 4 is 33.2 Å². The topological polar surface area (TPSA) is 70.8 Å². The minimum atomic E-state index is -0.593. The van der Waals surface area contributed by atoms with Gasteiger partial charge in [0.15, 0.2) is 6.10 Å². The van der Waals surface area contributed by atoms with Crippen LogP contribution in [0.1, 0.15) is 30.9 Å². The quantitative estimate of drug-likeness (QED) is 0.314. The molecule has 3 aromatic rings. The van der Waals surface area contributed by atoms with Crippen molar-refractivity contribution in [1.29, 1.82) is 0 Å². The highest BCUT2D eigenvalue weighted by atomic mass is 79.9. The van der Waals surface area contributed by atoms with Crippen LogP contribution < -0.4 is 4.74 Å². The maximum absolute atomic E-state index is 12.0. The van der Waals surface area contributed by atoms with Crippen LogP contribution in [0.5, 0.6) is 5.75 Å². The van der Waals surface area contributed by atoms with Gasteiger partial charge in [-0.15, -0.1) is 11.3 Å². The van der Waals surface area contributed by atoms with Crippen LogP contribution in [0.2, 0.25) is 0 Å². The van der Waals surface area contributed by atoms with Crippen LogP contribution in [0, 0.1) is 6.92 Å². The summed E-state index contributed by atoms with van der Waals surface area (Å²) >= 11 is 5.05. The van der Waals surface area contributed by atoms with Crippen LogP contribution in [0.3, 0.4) is 0 Å². The van der Waals surface area contributed by atoms with Crippen LogP contribution in [0.4, 0.5) is 0 Å². The Morgan fingerprint density at radius 2 is 1.94 bits per heavy atom. The Morgan fingerprint density at radius 1 is 1.16 bits per heavy atom. The van der Waals surface area contributed by atoms with Gasteiger partial charge in [-0.1, -0.05) is 12.1 Å². The summed E-state index contributed by atoms with van der Waals surface area (Å²) in [4.78, 5) is 17.6. The SMILES string of the molecule is CCOC(=O)[C@@H](Cc1ccc(OCCc2nc(-c3ccc(Br)s3)oc2C)cc1)OCC. The van der Waals surface area contributed by atoms with Crippen molar-refractivity contribution in [1.82, 2.24) is 4.98 Å². The summed E-state index contributed by atoms with van der Waals surface area (Å²) in [7, 11) is 0. The first-order valence-corrected chi connectivity index (χ1v) is 11.8. The molecule has 1 atom stereocenters. The third-order valence-corrected chi connectivity index (χ3v) is 6.16. The van der Waals surface area contributed by atoms with Crippen LogP contribution in [0.25, 0.3) is 10.8 Å². The number of aryl methyl sites for hydroxylation is 1. The molecule has 2 aromatic heterocycles. The summed E-state index contributed by atoms with van der Waals surface area (Å²) in [6.07, 6.45) is 0.524. The monoisotopic (exact) mass is 507 g/mol. The standard InChI is InChI=1S/C23H26BrNO5S/c1-4-27-19(23(26)28-5-2)14-16-6-8-17(9-7-16)29-13-12-18-15(3)30-22(25-18)20-10-11-21(24)31-20/h6-11,19H,4-5,12-14H2,1-3H3/t19-/m1/s1. The van der Waals surface area contributed by atoms with E-state index in [1.54, 1.807) is 18.3 Å². The molecule has 0 radical (unpaired) electrons. The molecule has 31 heavy (non-hydrogen) atoms. The van der Waals surface area contributed by atoms with Crippen molar-refractivity contribution < 1.29 is 23.4 Å². The first kappa shape index (κ1) is 23.5. The molecule has 3 rings (SSSR count). The first-order chi connectivity index (χ1) is 15.0. The predicted octanol–water partition coefficient (Wildman–Crippen LogP) is 5.61. The van der Waals surface area contributed by atoms with Gasteiger partial charge in [0, 0.05) is 19.4 Å². The number of aromatic nitrogens is 1. The molecule has 166 valence electrons. The average molecular weight is 508 g/mol. The molecule has 1 aromatic carbocycles. The molecule has 0 spiro atoms. The minimum absolute atomic E-state index is 0.332. The second kappa shape index (κ2) is 11.5. The van der Waals surface area contributed by atoms with E-state index in [0.29, 0.717) is 38.6 Å². The largest absolute Gasteiger partial charge is 0.493 e. The average Bonchev–Trinajstić information content (AvgIpc) is 3.35. The lowest BCUT2D eigenvalue weighted by Crippen LogP contribution is -2.28. The summed E-state index contributed by atoms with van der Waals surface area (Å²) in [5.41, 5.74) is 1.88. The van der Waals surface area contributed by atoms with Crippen LogP contribution >= 0.6 is 27.3 Å². The second-order valence-corrected chi connectivity index (χ2v) is 9.23. The van der Waals surface area contributed by atoms with E-state index in [1.807, 2.05) is 50.2 Å². The lowest BCUT2D eigenvalue weighted by atomic mass is 10.1. The van der Waals surface area contributed by atoms with Gasteiger partial charge in [0.25, 0.3) is 0 Å². The number of hydrogen-bond donors (Lipinski definition) is 0. The molecule has 0 N–H and O–H groups in total. The molecule has 2 heterocycles. The number of halogens is 1. The van der Waals surface area contributed by atoms with E-state index in [9.17, 15) is 4.79 Å². The number of benzene rings is 1. The van der Waals surface area contributed by atoms with Crippen molar-refractivity contribution in [2.24, 2.45) is 0 Å². The van der Waals surface area contributed by atoms with Gasteiger partial charge < -0.3 is 18.6 Å². The molecule has 0 fully saturated rings. The van der Waals surface area contributed by atoms with Crippen molar-refractivity contribution in [3.8, 4) is 16.5 Å². The lowest BCUT2D eigenvalue weighted by molar-refractivity contribution is -0.156. The fourth-order valence-corrected chi connectivity index (χ4v) is 4.35. The number of thiophene rings is 1. The number of carbonyl (C=O) groups excluding carboxylic acids is 1. The highest BCUT2D eigenvalue weighted by Gasteiger charge is 2.20. The van der Waals surface area contributed by atoms with E-state index in [4.69, 9.17) is 18.6 Å². The summed E-state index contributed by atoms with van der Waals surface area (Å²) in [5.74, 6) is 1.87. The molecule has 0 aliphatic heterocycles. The summed E-state index contributed by atoms with van der Waals surface area (Å²) in [6, 6.07) is 11.6. The molecule has 0 saturated heterocycles. The number of rotatable bonds is 11. The van der Waals surface area contributed by atoms with E-state index in [1.165, 1.54) is 0 Å². The van der Waals surface area contributed by atoms with Crippen molar-refractivity contribution in [3.05, 3.63) is 57.2 Å². The van der Waals surface area contributed by atoms with E-state index >= 15 is 0 Å². The van der Waals surface area contributed by atoms with Crippen molar-refractivity contribution in [2.45, 2.75) is 39.7 Å². The molecule has 8 heteroatoms. The van der Waals surface area contributed by atoms with Gasteiger partial charge in [-0.3, -0.25) is 0 Å². The summed E-state index contributed by atoms with van der Waals surface area (Å²) < 4.78 is 23.3. The lowest BCUT2D eigenvalue weighted by Gasteiger charge is -2.15. The van der Waals surface area contributed by atoms with E-state index in [2.05, 4.69) is 20.9 Å². The van der Waals surface area contributed by atoms with Gasteiger partial charge in [0.1, 0.15) is 11.5 Å². The van der Waals surface area contributed by atoms with Gasteiger partial charge in [-0.2, -0.15) is 0 Å². The third kappa shape index (κ3) is 6.66. The van der Waals surface area contributed by atoms with Gasteiger partial charge >= 0.3 is 5.97 Å². The Hall–Kier alpha value is -2.16. The highest BCUT2D eigenvalue weighted by Crippen LogP contribution is 2.31. The third-order valence-electron chi connectivity index (χ3n) is 4.55. The fraction of sp³-hybridized carbons (Fsp3) is 0.391. The van der Waals surface area contributed by atoms with E-state index < -0.39 is 6.10 Å². The molecule has 0 unspecified atom stereocenters. The number of nitrogens with zero attached hydrogens (tertiary/aromatic N) is 1. The molecule has 0 amide bonds. The molecule has 0 bridgehead atoms. The molecule has 0 saturated carbocycles. The van der Waals surface area contributed by atoms with Crippen LogP contribution in [-0.2, 0) is 27.1 Å². The molecule has 0 aliphatic rings. The van der Waals surface area contributed by atoms with Gasteiger partial charge in [0.05, 0.1) is 27.6 Å². The Bertz CT molecular complexity index is 982. The predicted molar refractivity (Wildman–Crippen MR) is 124 cm³/mol. The maximum Gasteiger partial charge on any atom is 0.335 e. The van der Waals surface area contributed by atoms with Crippen LogP contribution in [-0.4, -0.2) is 36.9 Å². The Kier molecular flexibility index (Phi) is 8.69. The van der Waals surface area contributed by atoms with Crippen molar-refractivity contribution in [3.63, 3.8) is 0 Å². The minimum Gasteiger partial charge on any atom is -0.493 e. The van der Waals surface area contributed by atoms with E-state index in [-0.39, 0.29) is 5.97 Å². The number of carbonyl (C=O) groups is 1. The maximum atomic E-state index is 12.0. The molecule has 0 aliphatic carbocycles. The first-order valence-electron chi connectivity index (χ1n) is 10.2. The zero-order valence-electron chi connectivity index (χ0n) is 17.9. The van der Waals surface area contributed by atoms with E-state index in [0.717, 1.165) is 31.4 Å².